The Morgan fingerprint density at radius 1 is 1.33 bits per heavy atom. The normalized spacial score (nSPS) is 10.3. The van der Waals surface area contributed by atoms with Gasteiger partial charge >= 0.3 is 0 Å². The molecule has 2 rings (SSSR count). The molecular weight excluding hydrogens is 230 g/mol. The maximum absolute atomic E-state index is 5.64. The zero-order valence-corrected chi connectivity index (χ0v) is 9.77. The minimum absolute atomic E-state index is 0.410. The SMILES string of the molecule is Cc1ccsc1CNc1ccc(Cl)nn1. The topological polar surface area (TPSA) is 37.8 Å². The Hall–Kier alpha value is -1.13. The van der Waals surface area contributed by atoms with Crippen molar-refractivity contribution < 1.29 is 0 Å². The summed E-state index contributed by atoms with van der Waals surface area (Å²) in [5.41, 5.74) is 1.30. The van der Waals surface area contributed by atoms with Crippen LogP contribution in [0.4, 0.5) is 5.82 Å². The first-order valence-electron chi connectivity index (χ1n) is 4.52. The number of nitrogens with one attached hydrogen (secondary N) is 1. The second-order valence-corrected chi connectivity index (χ2v) is 4.51. The van der Waals surface area contributed by atoms with Crippen molar-refractivity contribution in [1.29, 1.82) is 0 Å². The lowest BCUT2D eigenvalue weighted by atomic mass is 10.3. The third-order valence-electron chi connectivity index (χ3n) is 2.03. The van der Waals surface area contributed by atoms with Crippen LogP contribution < -0.4 is 5.32 Å². The highest BCUT2D eigenvalue weighted by atomic mass is 35.5. The standard InChI is InChI=1S/C10H10ClN3S/c1-7-4-5-15-8(7)6-12-10-3-2-9(11)13-14-10/h2-5H,6H2,1H3,(H,12,14). The maximum atomic E-state index is 5.64. The Balaban J connectivity index is 1.99. The van der Waals surface area contributed by atoms with Crippen molar-refractivity contribution >= 4 is 28.8 Å². The van der Waals surface area contributed by atoms with Crippen molar-refractivity contribution in [3.8, 4) is 0 Å². The predicted octanol–water partition coefficient (Wildman–Crippen LogP) is 3.11. The quantitative estimate of drug-likeness (QED) is 0.895. The number of anilines is 1. The first-order chi connectivity index (χ1) is 7.25. The van der Waals surface area contributed by atoms with Crippen molar-refractivity contribution in [3.05, 3.63) is 39.2 Å². The molecule has 0 aliphatic heterocycles. The fourth-order valence-electron chi connectivity index (χ4n) is 1.17. The van der Waals surface area contributed by atoms with Crippen LogP contribution in [-0.4, -0.2) is 10.2 Å². The molecule has 15 heavy (non-hydrogen) atoms. The highest BCUT2D eigenvalue weighted by Crippen LogP contribution is 2.16. The third kappa shape index (κ3) is 2.67. The van der Waals surface area contributed by atoms with Gasteiger partial charge in [0.05, 0.1) is 6.54 Å². The second kappa shape index (κ2) is 4.59. The summed E-state index contributed by atoms with van der Waals surface area (Å²) in [6, 6.07) is 5.64. The van der Waals surface area contributed by atoms with E-state index >= 15 is 0 Å². The molecule has 2 aromatic rings. The molecule has 0 saturated carbocycles. The van der Waals surface area contributed by atoms with Crippen LogP contribution in [0.1, 0.15) is 10.4 Å². The summed E-state index contributed by atoms with van der Waals surface area (Å²) >= 11 is 7.37. The molecule has 2 heterocycles. The van der Waals surface area contributed by atoms with Crippen LogP contribution in [0.25, 0.3) is 0 Å². The molecule has 0 bridgehead atoms. The lowest BCUT2D eigenvalue weighted by Crippen LogP contribution is -2.01. The van der Waals surface area contributed by atoms with Gasteiger partial charge in [-0.05, 0) is 36.1 Å². The summed E-state index contributed by atoms with van der Waals surface area (Å²) < 4.78 is 0. The molecule has 2 aromatic heterocycles. The minimum atomic E-state index is 0.410. The van der Waals surface area contributed by atoms with Crippen molar-refractivity contribution in [1.82, 2.24) is 10.2 Å². The molecule has 0 fully saturated rings. The number of aryl methyl sites for hydroxylation is 1. The lowest BCUT2D eigenvalue weighted by molar-refractivity contribution is 1.00. The number of aromatic nitrogens is 2. The molecule has 0 amide bonds. The van der Waals surface area contributed by atoms with E-state index in [1.165, 1.54) is 10.4 Å². The van der Waals surface area contributed by atoms with Gasteiger partial charge in [0.1, 0.15) is 5.82 Å². The van der Waals surface area contributed by atoms with Gasteiger partial charge in [-0.2, -0.15) is 0 Å². The summed E-state index contributed by atoms with van der Waals surface area (Å²) in [6.07, 6.45) is 0. The van der Waals surface area contributed by atoms with Crippen LogP contribution >= 0.6 is 22.9 Å². The molecule has 3 nitrogen and oxygen atoms in total. The largest absolute Gasteiger partial charge is 0.364 e. The highest BCUT2D eigenvalue weighted by Gasteiger charge is 2.00. The molecular formula is C10H10ClN3S. The molecule has 0 saturated heterocycles. The summed E-state index contributed by atoms with van der Waals surface area (Å²) in [5, 5.41) is 13.4. The zero-order chi connectivity index (χ0) is 10.7. The van der Waals surface area contributed by atoms with Gasteiger partial charge in [-0.1, -0.05) is 11.6 Å². The molecule has 0 radical (unpaired) electrons. The Morgan fingerprint density at radius 3 is 2.80 bits per heavy atom. The number of nitrogens with zero attached hydrogens (tertiary/aromatic N) is 2. The Morgan fingerprint density at radius 2 is 2.20 bits per heavy atom. The van der Waals surface area contributed by atoms with Gasteiger partial charge < -0.3 is 5.32 Å². The van der Waals surface area contributed by atoms with Crippen LogP contribution in [0, 0.1) is 6.92 Å². The molecule has 0 atom stereocenters. The average Bonchev–Trinajstić information content (AvgIpc) is 2.63. The predicted molar refractivity (Wildman–Crippen MR) is 63.4 cm³/mol. The minimum Gasteiger partial charge on any atom is -0.364 e. The van der Waals surface area contributed by atoms with Crippen LogP contribution in [0.2, 0.25) is 5.15 Å². The molecule has 0 spiro atoms. The van der Waals surface area contributed by atoms with Gasteiger partial charge in [0.15, 0.2) is 5.15 Å². The van der Waals surface area contributed by atoms with E-state index in [4.69, 9.17) is 11.6 Å². The fourth-order valence-corrected chi connectivity index (χ4v) is 2.11. The molecule has 0 aliphatic carbocycles. The van der Waals surface area contributed by atoms with Crippen LogP contribution in [0.3, 0.4) is 0 Å². The smallest absolute Gasteiger partial charge is 0.151 e. The van der Waals surface area contributed by atoms with E-state index in [0.717, 1.165) is 12.4 Å². The zero-order valence-electron chi connectivity index (χ0n) is 8.20. The van der Waals surface area contributed by atoms with Crippen molar-refractivity contribution in [2.45, 2.75) is 13.5 Å². The highest BCUT2D eigenvalue weighted by molar-refractivity contribution is 7.10. The first-order valence-corrected chi connectivity index (χ1v) is 5.77. The van der Waals surface area contributed by atoms with Crippen LogP contribution in [0.15, 0.2) is 23.6 Å². The first kappa shape index (κ1) is 10.4. The van der Waals surface area contributed by atoms with Crippen LogP contribution in [0.5, 0.6) is 0 Å². The number of hydrogen-bond acceptors (Lipinski definition) is 4. The van der Waals surface area contributed by atoms with Crippen molar-refractivity contribution in [2.75, 3.05) is 5.32 Å². The molecule has 5 heteroatoms. The Bertz CT molecular complexity index is 438. The van der Waals surface area contributed by atoms with E-state index in [1.807, 2.05) is 6.07 Å². The van der Waals surface area contributed by atoms with E-state index < -0.39 is 0 Å². The van der Waals surface area contributed by atoms with Gasteiger partial charge in [-0.25, -0.2) is 0 Å². The van der Waals surface area contributed by atoms with E-state index in [1.54, 1.807) is 17.4 Å². The van der Waals surface area contributed by atoms with Gasteiger partial charge in [0.2, 0.25) is 0 Å². The number of rotatable bonds is 3. The monoisotopic (exact) mass is 239 g/mol. The van der Waals surface area contributed by atoms with Crippen molar-refractivity contribution in [2.24, 2.45) is 0 Å². The summed E-state index contributed by atoms with van der Waals surface area (Å²) in [4.78, 5) is 1.31. The van der Waals surface area contributed by atoms with Gasteiger partial charge in [-0.15, -0.1) is 21.5 Å². The number of thiophene rings is 1. The summed E-state index contributed by atoms with van der Waals surface area (Å²) in [6.45, 7) is 2.88. The molecule has 78 valence electrons. The fraction of sp³-hybridized carbons (Fsp3) is 0.200. The molecule has 0 aliphatic rings. The Labute approximate surface area is 97.1 Å². The molecule has 1 N–H and O–H groups in total. The van der Waals surface area contributed by atoms with Crippen molar-refractivity contribution in [3.63, 3.8) is 0 Å². The van der Waals surface area contributed by atoms with Gasteiger partial charge in [0, 0.05) is 4.88 Å². The maximum Gasteiger partial charge on any atom is 0.151 e. The van der Waals surface area contributed by atoms with E-state index in [2.05, 4.69) is 33.9 Å². The van der Waals surface area contributed by atoms with Gasteiger partial charge in [-0.3, -0.25) is 0 Å². The average molecular weight is 240 g/mol. The lowest BCUT2D eigenvalue weighted by Gasteiger charge is -2.03. The number of halogens is 1. The Kier molecular flexibility index (Phi) is 3.18. The van der Waals surface area contributed by atoms with E-state index in [-0.39, 0.29) is 0 Å². The summed E-state index contributed by atoms with van der Waals surface area (Å²) in [5.74, 6) is 0.743. The third-order valence-corrected chi connectivity index (χ3v) is 3.25. The number of hydrogen-bond donors (Lipinski definition) is 1. The van der Waals surface area contributed by atoms with E-state index in [0.29, 0.717) is 5.15 Å². The molecule has 0 unspecified atom stereocenters. The summed E-state index contributed by atoms with van der Waals surface area (Å²) in [7, 11) is 0. The van der Waals surface area contributed by atoms with Crippen LogP contribution in [-0.2, 0) is 6.54 Å². The van der Waals surface area contributed by atoms with E-state index in [9.17, 15) is 0 Å². The second-order valence-electron chi connectivity index (χ2n) is 3.12. The molecule has 0 aromatic carbocycles. The van der Waals surface area contributed by atoms with Gasteiger partial charge in [0.25, 0.3) is 0 Å².